The van der Waals surface area contributed by atoms with E-state index in [1.807, 2.05) is 6.07 Å². The number of benzene rings is 3. The Morgan fingerprint density at radius 2 is 1.71 bits per heavy atom. The second kappa shape index (κ2) is 10.3. The average Bonchev–Trinajstić information content (AvgIpc) is 3.21. The maximum atomic E-state index is 14.1. The number of hydrogen-bond acceptors (Lipinski definition) is 8. The summed E-state index contributed by atoms with van der Waals surface area (Å²) in [5, 5.41) is 24.0. The van der Waals surface area contributed by atoms with E-state index < -0.39 is 32.8 Å². The standard InChI is InChI=1S/C26H21N5O6S/c1-16(32)29-19-10-12-21(13-11-19)38(36,37)30-24(18-8-5-9-20(14-18)31(34)35)22(15-27)23(28)25(30)26(33)17-6-3-2-4-7-17/h2-14,24-25H,28H2,1H3,(H,29,32)/t24-,25-/m0/s1. The van der Waals surface area contributed by atoms with Crippen molar-refractivity contribution in [3.63, 3.8) is 0 Å². The van der Waals surface area contributed by atoms with E-state index in [2.05, 4.69) is 5.32 Å². The second-order valence-electron chi connectivity index (χ2n) is 8.41. The summed E-state index contributed by atoms with van der Waals surface area (Å²) in [4.78, 5) is 35.6. The van der Waals surface area contributed by atoms with Crippen molar-refractivity contribution >= 4 is 33.1 Å². The summed E-state index contributed by atoms with van der Waals surface area (Å²) >= 11 is 0. The molecule has 4 rings (SSSR count). The summed E-state index contributed by atoms with van der Waals surface area (Å²) in [6.45, 7) is 1.30. The number of nitro groups is 1. The fourth-order valence-corrected chi connectivity index (χ4v) is 6.01. The van der Waals surface area contributed by atoms with Crippen molar-refractivity contribution in [2.24, 2.45) is 5.73 Å². The predicted octanol–water partition coefficient (Wildman–Crippen LogP) is 3.29. The van der Waals surface area contributed by atoms with Crippen LogP contribution in [0.1, 0.15) is 28.9 Å². The summed E-state index contributed by atoms with van der Waals surface area (Å²) in [6.07, 6.45) is 0. The summed E-state index contributed by atoms with van der Waals surface area (Å²) in [6, 6.07) is 17.2. The smallest absolute Gasteiger partial charge is 0.269 e. The molecule has 0 fully saturated rings. The minimum atomic E-state index is -4.54. The van der Waals surface area contributed by atoms with Crippen LogP contribution in [0, 0.1) is 21.4 Å². The number of carbonyl (C=O) groups excluding carboxylic acids is 2. The van der Waals surface area contributed by atoms with Gasteiger partial charge in [-0.2, -0.15) is 9.57 Å². The zero-order valence-corrected chi connectivity index (χ0v) is 20.8. The van der Waals surface area contributed by atoms with Gasteiger partial charge in [0.25, 0.3) is 5.69 Å². The van der Waals surface area contributed by atoms with E-state index in [1.54, 1.807) is 18.2 Å². The molecule has 0 radical (unpaired) electrons. The van der Waals surface area contributed by atoms with Crippen LogP contribution in [-0.2, 0) is 14.8 Å². The van der Waals surface area contributed by atoms with Crippen LogP contribution in [0.5, 0.6) is 0 Å². The van der Waals surface area contributed by atoms with Gasteiger partial charge in [-0.3, -0.25) is 19.7 Å². The minimum Gasteiger partial charge on any atom is -0.399 e. The number of Topliss-reactive ketones (excluding diaryl/α,β-unsaturated/α-hetero) is 1. The number of carbonyl (C=O) groups is 2. The number of sulfonamides is 1. The highest BCUT2D eigenvalue weighted by molar-refractivity contribution is 7.89. The Kier molecular flexibility index (Phi) is 7.07. The molecule has 12 heteroatoms. The molecule has 0 saturated carbocycles. The third kappa shape index (κ3) is 4.75. The van der Waals surface area contributed by atoms with Crippen LogP contribution in [0.15, 0.2) is 95.0 Å². The Morgan fingerprint density at radius 3 is 2.29 bits per heavy atom. The number of nitrogens with one attached hydrogen (secondary N) is 1. The molecule has 1 aliphatic heterocycles. The number of rotatable bonds is 7. The molecule has 3 aromatic carbocycles. The Bertz CT molecular complexity index is 1610. The van der Waals surface area contributed by atoms with E-state index in [0.29, 0.717) is 5.69 Å². The molecule has 0 saturated heterocycles. The van der Waals surface area contributed by atoms with E-state index in [4.69, 9.17) is 5.73 Å². The molecule has 0 aliphatic carbocycles. The molecule has 3 aromatic rings. The Morgan fingerprint density at radius 1 is 1.05 bits per heavy atom. The first-order valence-electron chi connectivity index (χ1n) is 11.2. The number of hydrogen-bond donors (Lipinski definition) is 2. The van der Waals surface area contributed by atoms with Gasteiger partial charge < -0.3 is 11.1 Å². The first kappa shape index (κ1) is 26.2. The molecule has 0 spiro atoms. The van der Waals surface area contributed by atoms with Gasteiger partial charge in [0, 0.05) is 30.3 Å². The van der Waals surface area contributed by atoms with Gasteiger partial charge in [-0.1, -0.05) is 42.5 Å². The molecular weight excluding hydrogens is 510 g/mol. The largest absolute Gasteiger partial charge is 0.399 e. The number of nitrogens with zero attached hydrogens (tertiary/aromatic N) is 3. The topological polar surface area (TPSA) is 176 Å². The molecule has 0 bridgehead atoms. The van der Waals surface area contributed by atoms with Crippen LogP contribution in [0.2, 0.25) is 0 Å². The lowest BCUT2D eigenvalue weighted by Gasteiger charge is -2.30. The summed E-state index contributed by atoms with van der Waals surface area (Å²) in [7, 11) is -4.54. The first-order valence-corrected chi connectivity index (χ1v) is 12.6. The number of nitriles is 1. The fourth-order valence-electron chi connectivity index (χ4n) is 4.30. The van der Waals surface area contributed by atoms with Crippen LogP contribution >= 0.6 is 0 Å². The summed E-state index contributed by atoms with van der Waals surface area (Å²) < 4.78 is 29.0. The minimum absolute atomic E-state index is 0.0977. The average molecular weight is 532 g/mol. The molecule has 0 aromatic heterocycles. The van der Waals surface area contributed by atoms with Crippen LogP contribution in [0.25, 0.3) is 0 Å². The number of amides is 1. The molecule has 11 nitrogen and oxygen atoms in total. The number of nitro benzene ring substituents is 1. The highest BCUT2D eigenvalue weighted by Gasteiger charge is 2.51. The first-order chi connectivity index (χ1) is 18.1. The lowest BCUT2D eigenvalue weighted by Crippen LogP contribution is -2.45. The summed E-state index contributed by atoms with van der Waals surface area (Å²) in [5.74, 6) is -1.02. The number of ketones is 1. The quantitative estimate of drug-likeness (QED) is 0.265. The van der Waals surface area contributed by atoms with Crippen molar-refractivity contribution in [3.05, 3.63) is 111 Å². The molecule has 192 valence electrons. The zero-order valence-electron chi connectivity index (χ0n) is 19.9. The molecular formula is C26H21N5O6S. The number of nitrogens with two attached hydrogens (primary N) is 1. The van der Waals surface area contributed by atoms with E-state index >= 15 is 0 Å². The van der Waals surface area contributed by atoms with Gasteiger partial charge in [-0.05, 0) is 29.8 Å². The SMILES string of the molecule is CC(=O)Nc1ccc(S(=O)(=O)N2[C@H](C(=O)c3ccccc3)C(N)=C(C#N)[C@@H]2c2cccc([N+](=O)[O-])c2)cc1. The zero-order chi connectivity index (χ0) is 27.6. The van der Waals surface area contributed by atoms with E-state index in [9.17, 15) is 33.4 Å². The third-order valence-electron chi connectivity index (χ3n) is 5.96. The van der Waals surface area contributed by atoms with Gasteiger partial charge in [0.2, 0.25) is 15.9 Å². The lowest BCUT2D eigenvalue weighted by molar-refractivity contribution is -0.384. The van der Waals surface area contributed by atoms with Crippen molar-refractivity contribution in [1.82, 2.24) is 4.31 Å². The van der Waals surface area contributed by atoms with Gasteiger partial charge in [0.1, 0.15) is 6.04 Å². The van der Waals surface area contributed by atoms with Gasteiger partial charge in [0.15, 0.2) is 5.78 Å². The highest BCUT2D eigenvalue weighted by Crippen LogP contribution is 2.44. The molecule has 1 aliphatic rings. The van der Waals surface area contributed by atoms with Gasteiger partial charge >= 0.3 is 0 Å². The Hall–Kier alpha value is -4.86. The maximum absolute atomic E-state index is 14.1. The fraction of sp³-hybridized carbons (Fsp3) is 0.115. The van der Waals surface area contributed by atoms with E-state index in [1.165, 1.54) is 61.5 Å². The molecule has 0 unspecified atom stereocenters. The van der Waals surface area contributed by atoms with Gasteiger partial charge in [-0.25, -0.2) is 8.42 Å². The van der Waals surface area contributed by atoms with Crippen LogP contribution in [0.3, 0.4) is 0 Å². The van der Waals surface area contributed by atoms with E-state index in [0.717, 1.165) is 10.4 Å². The van der Waals surface area contributed by atoms with Crippen molar-refractivity contribution in [3.8, 4) is 6.07 Å². The Balaban J connectivity index is 1.92. The van der Waals surface area contributed by atoms with Crippen molar-refractivity contribution in [1.29, 1.82) is 5.26 Å². The normalized spacial score (nSPS) is 17.6. The van der Waals surface area contributed by atoms with Crippen molar-refractivity contribution in [2.75, 3.05) is 5.32 Å². The third-order valence-corrected chi connectivity index (χ3v) is 7.81. The lowest BCUT2D eigenvalue weighted by atomic mass is 9.99. The number of anilines is 1. The van der Waals surface area contributed by atoms with Crippen LogP contribution in [-0.4, -0.2) is 35.4 Å². The van der Waals surface area contributed by atoms with Crippen molar-refractivity contribution in [2.45, 2.75) is 23.9 Å². The maximum Gasteiger partial charge on any atom is 0.269 e. The summed E-state index contributed by atoms with van der Waals surface area (Å²) in [5.41, 5.74) is 6.10. The molecule has 3 N–H and O–H groups in total. The predicted molar refractivity (Wildman–Crippen MR) is 137 cm³/mol. The van der Waals surface area contributed by atoms with Crippen LogP contribution < -0.4 is 11.1 Å². The molecule has 1 amide bonds. The molecule has 38 heavy (non-hydrogen) atoms. The van der Waals surface area contributed by atoms with E-state index in [-0.39, 0.29) is 38.9 Å². The van der Waals surface area contributed by atoms with Crippen molar-refractivity contribution < 1.29 is 22.9 Å². The second-order valence-corrected chi connectivity index (χ2v) is 10.3. The molecule has 2 atom stereocenters. The monoisotopic (exact) mass is 531 g/mol. The highest BCUT2D eigenvalue weighted by atomic mass is 32.2. The molecule has 1 heterocycles. The van der Waals surface area contributed by atoms with Gasteiger partial charge in [0.05, 0.1) is 33.2 Å². The van der Waals surface area contributed by atoms with Gasteiger partial charge in [-0.15, -0.1) is 0 Å². The number of non-ortho nitro benzene ring substituents is 1. The Labute approximate surface area is 218 Å². The van der Waals surface area contributed by atoms with Crippen LogP contribution in [0.4, 0.5) is 11.4 Å².